The number of nitrogens with one attached hydrogen (secondary N) is 5. The van der Waals surface area contributed by atoms with E-state index in [0.717, 1.165) is 0 Å². The van der Waals surface area contributed by atoms with Crippen LogP contribution >= 0.6 is 0 Å². The predicted octanol–water partition coefficient (Wildman–Crippen LogP) is -3.13. The van der Waals surface area contributed by atoms with Gasteiger partial charge in [0.15, 0.2) is 0 Å². The molecule has 1 aliphatic heterocycles. The summed E-state index contributed by atoms with van der Waals surface area (Å²) in [6.45, 7) is 3.50. The Morgan fingerprint density at radius 2 is 1.19 bits per heavy atom. The van der Waals surface area contributed by atoms with Gasteiger partial charge in [0, 0.05) is 72.4 Å². The van der Waals surface area contributed by atoms with Gasteiger partial charge in [-0.1, -0.05) is 0 Å². The lowest BCUT2D eigenvalue weighted by Crippen LogP contribution is -2.44. The number of hydrogen-bond donors (Lipinski definition) is 5. The summed E-state index contributed by atoms with van der Waals surface area (Å²) in [6, 6.07) is 0. The fraction of sp³-hybridized carbons (Fsp3) is 0.722. The van der Waals surface area contributed by atoms with Crippen LogP contribution < -0.4 is 26.6 Å². The first-order valence-electron chi connectivity index (χ1n) is 10.2. The Hall–Kier alpha value is -2.80. The molecule has 1 rings (SSSR count). The number of rotatable bonds is 3. The van der Waals surface area contributed by atoms with Crippen LogP contribution in [0.4, 0.5) is 4.48 Å². The minimum absolute atomic E-state index is 0.00981. The molecule has 13 heteroatoms. The van der Waals surface area contributed by atoms with Gasteiger partial charge in [-0.3, -0.25) is 28.9 Å². The molecule has 0 aromatic rings. The maximum absolute atomic E-state index is 13.6. The Bertz CT molecular complexity index is 592. The van der Waals surface area contributed by atoms with Gasteiger partial charge < -0.3 is 26.6 Å². The Morgan fingerprint density at radius 3 is 1.58 bits per heavy atom. The van der Waals surface area contributed by atoms with Crippen molar-refractivity contribution >= 4 is 29.5 Å². The molecule has 0 aromatic heterocycles. The maximum atomic E-state index is 13.6. The van der Waals surface area contributed by atoms with Gasteiger partial charge in [0.25, 0.3) is 0 Å². The smallest absolute Gasteiger partial charge is 0.229 e. The average molecular weight is 445 g/mol. The standard InChI is InChI=1S/C18H32FN7O5/c1-14(27)20-2-7-25-8-3-21-15(28)12-17(30)23-5-10-26(19)11-6-24-18(31)13-16(29)22-4-9-25/h2-13H2,1H3,(H,20,27)(H,21,28)(H,22,29)(H,23,30)(H,24,31). The van der Waals surface area contributed by atoms with Crippen LogP contribution in [0.3, 0.4) is 0 Å². The van der Waals surface area contributed by atoms with E-state index in [0.29, 0.717) is 31.3 Å². The van der Waals surface area contributed by atoms with Gasteiger partial charge >= 0.3 is 0 Å². The predicted molar refractivity (Wildman–Crippen MR) is 109 cm³/mol. The topological polar surface area (TPSA) is 152 Å². The van der Waals surface area contributed by atoms with Crippen LogP contribution in [-0.4, -0.2) is 105 Å². The summed E-state index contributed by atoms with van der Waals surface area (Å²) in [4.78, 5) is 60.3. The summed E-state index contributed by atoms with van der Waals surface area (Å²) < 4.78 is 13.6. The van der Waals surface area contributed by atoms with E-state index in [9.17, 15) is 28.5 Å². The van der Waals surface area contributed by atoms with E-state index in [1.165, 1.54) is 6.92 Å². The third-order valence-corrected chi connectivity index (χ3v) is 4.30. The van der Waals surface area contributed by atoms with E-state index in [2.05, 4.69) is 26.6 Å². The molecular weight excluding hydrogens is 413 g/mol. The normalized spacial score (nSPS) is 20.1. The molecule has 0 aliphatic carbocycles. The summed E-state index contributed by atoms with van der Waals surface area (Å²) >= 11 is 0. The van der Waals surface area contributed by atoms with Crippen LogP contribution in [0.1, 0.15) is 19.8 Å². The van der Waals surface area contributed by atoms with Crippen LogP contribution in [0.25, 0.3) is 0 Å². The third kappa shape index (κ3) is 13.9. The molecule has 0 saturated carbocycles. The molecule has 5 amide bonds. The first-order chi connectivity index (χ1) is 14.8. The van der Waals surface area contributed by atoms with Crippen molar-refractivity contribution in [3.63, 3.8) is 0 Å². The summed E-state index contributed by atoms with van der Waals surface area (Å²) in [7, 11) is 0. The Kier molecular flexibility index (Phi) is 12.8. The van der Waals surface area contributed by atoms with E-state index in [-0.39, 0.29) is 58.0 Å². The molecule has 1 aliphatic rings. The van der Waals surface area contributed by atoms with Crippen molar-refractivity contribution in [1.29, 1.82) is 0 Å². The van der Waals surface area contributed by atoms with E-state index < -0.39 is 23.6 Å². The SMILES string of the molecule is CC(=O)NCCN1CCNC(=O)CC(=O)NCCN(F)CCNC(=O)CC(=O)NCC1. The zero-order valence-electron chi connectivity index (χ0n) is 17.8. The second-order valence-corrected chi connectivity index (χ2v) is 6.99. The van der Waals surface area contributed by atoms with E-state index in [4.69, 9.17) is 0 Å². The van der Waals surface area contributed by atoms with Crippen LogP contribution in [0.5, 0.6) is 0 Å². The van der Waals surface area contributed by atoms with Gasteiger partial charge in [0.2, 0.25) is 29.5 Å². The lowest BCUT2D eigenvalue weighted by Gasteiger charge is -2.23. The van der Waals surface area contributed by atoms with Crippen molar-refractivity contribution in [1.82, 2.24) is 36.6 Å². The van der Waals surface area contributed by atoms with Crippen molar-refractivity contribution in [2.45, 2.75) is 19.8 Å². The van der Waals surface area contributed by atoms with Crippen molar-refractivity contribution in [3.8, 4) is 0 Å². The Labute approximate surface area is 180 Å². The Morgan fingerprint density at radius 1 is 0.806 bits per heavy atom. The maximum Gasteiger partial charge on any atom is 0.229 e. The lowest BCUT2D eigenvalue weighted by atomic mass is 10.3. The number of hydrogen-bond acceptors (Lipinski definition) is 7. The fourth-order valence-electron chi connectivity index (χ4n) is 2.72. The number of carbonyl (C=O) groups is 5. The van der Waals surface area contributed by atoms with Crippen molar-refractivity contribution < 1.29 is 28.5 Å². The van der Waals surface area contributed by atoms with Crippen molar-refractivity contribution in [3.05, 3.63) is 0 Å². The fourth-order valence-corrected chi connectivity index (χ4v) is 2.72. The molecule has 5 N–H and O–H groups in total. The zero-order chi connectivity index (χ0) is 23.1. The number of halogens is 1. The van der Waals surface area contributed by atoms with E-state index >= 15 is 0 Å². The van der Waals surface area contributed by atoms with Gasteiger partial charge in [-0.15, -0.1) is 9.60 Å². The molecule has 31 heavy (non-hydrogen) atoms. The first-order valence-corrected chi connectivity index (χ1v) is 10.2. The Balaban J connectivity index is 2.61. The highest BCUT2D eigenvalue weighted by Gasteiger charge is 2.13. The second-order valence-electron chi connectivity index (χ2n) is 6.99. The molecule has 0 unspecified atom stereocenters. The van der Waals surface area contributed by atoms with E-state index in [1.807, 2.05) is 4.90 Å². The van der Waals surface area contributed by atoms with Gasteiger partial charge in [-0.25, -0.2) is 0 Å². The molecule has 0 atom stereocenters. The summed E-state index contributed by atoms with van der Waals surface area (Å²) in [5, 5.41) is 13.3. The van der Waals surface area contributed by atoms with Crippen molar-refractivity contribution in [2.24, 2.45) is 0 Å². The van der Waals surface area contributed by atoms with Gasteiger partial charge in [0.1, 0.15) is 12.8 Å². The van der Waals surface area contributed by atoms with Gasteiger partial charge in [0.05, 0.1) is 0 Å². The molecular formula is C18H32FN7O5. The van der Waals surface area contributed by atoms with Crippen LogP contribution in [0.15, 0.2) is 0 Å². The molecule has 1 saturated heterocycles. The minimum Gasteiger partial charge on any atom is -0.355 e. The van der Waals surface area contributed by atoms with Crippen LogP contribution in [-0.2, 0) is 24.0 Å². The largest absolute Gasteiger partial charge is 0.355 e. The highest BCUT2D eigenvalue weighted by atomic mass is 19.2. The monoisotopic (exact) mass is 445 g/mol. The highest BCUT2D eigenvalue weighted by molar-refractivity contribution is 5.97. The van der Waals surface area contributed by atoms with Crippen LogP contribution in [0.2, 0.25) is 0 Å². The molecule has 0 radical (unpaired) electrons. The first kappa shape index (κ1) is 26.2. The van der Waals surface area contributed by atoms with Gasteiger partial charge in [-0.05, 0) is 0 Å². The molecule has 1 fully saturated rings. The molecule has 12 nitrogen and oxygen atoms in total. The highest BCUT2D eigenvalue weighted by Crippen LogP contribution is 1.91. The molecule has 0 aromatic carbocycles. The molecule has 1 heterocycles. The molecule has 0 bridgehead atoms. The molecule has 176 valence electrons. The van der Waals surface area contributed by atoms with Gasteiger partial charge in [-0.2, -0.15) is 0 Å². The van der Waals surface area contributed by atoms with Crippen molar-refractivity contribution in [2.75, 3.05) is 65.4 Å². The summed E-state index contributed by atoms with van der Waals surface area (Å²) in [5.41, 5.74) is 0. The number of carbonyl (C=O) groups excluding carboxylic acids is 5. The third-order valence-electron chi connectivity index (χ3n) is 4.30. The summed E-state index contributed by atoms with van der Waals surface area (Å²) in [6.07, 6.45) is -0.741. The average Bonchev–Trinajstić information content (AvgIpc) is 2.66. The number of amides is 5. The minimum atomic E-state index is -0.515. The zero-order valence-corrected chi connectivity index (χ0v) is 17.8. The molecule has 0 spiro atoms. The van der Waals surface area contributed by atoms with Crippen LogP contribution in [0, 0.1) is 0 Å². The lowest BCUT2D eigenvalue weighted by molar-refractivity contribution is -0.130. The quantitative estimate of drug-likeness (QED) is 0.228. The van der Waals surface area contributed by atoms with E-state index in [1.54, 1.807) is 0 Å². The number of nitrogens with zero attached hydrogens (tertiary/aromatic N) is 2. The summed E-state index contributed by atoms with van der Waals surface area (Å²) in [5.74, 6) is -2.11. The second kappa shape index (κ2) is 15.1.